The van der Waals surface area contributed by atoms with Gasteiger partial charge in [0.2, 0.25) is 5.89 Å². The fourth-order valence-corrected chi connectivity index (χ4v) is 2.25. The number of rotatable bonds is 2. The normalized spacial score (nSPS) is 10.8. The Bertz CT molecular complexity index is 706. The lowest BCUT2D eigenvalue weighted by atomic mass is 10.2. The maximum Gasteiger partial charge on any atom is 0.229 e. The highest BCUT2D eigenvalue weighted by Crippen LogP contribution is 2.30. The fraction of sp³-hybridized carbons (Fsp3) is 0.0714. The van der Waals surface area contributed by atoms with Crippen LogP contribution >= 0.6 is 15.9 Å². The highest BCUT2D eigenvalue weighted by Gasteiger charge is 2.11. The molecule has 1 heterocycles. The molecule has 0 aliphatic rings. The lowest BCUT2D eigenvalue weighted by molar-refractivity contribution is 0.620. The topological polar surface area (TPSA) is 38.1 Å². The predicted octanol–water partition coefficient (Wildman–Crippen LogP) is 4.30. The molecule has 1 N–H and O–H groups in total. The molecule has 0 bridgehead atoms. The van der Waals surface area contributed by atoms with E-state index >= 15 is 0 Å². The van der Waals surface area contributed by atoms with E-state index in [0.717, 1.165) is 26.8 Å². The van der Waals surface area contributed by atoms with Crippen molar-refractivity contribution in [2.45, 2.75) is 0 Å². The smallest absolute Gasteiger partial charge is 0.229 e. The van der Waals surface area contributed by atoms with Crippen LogP contribution in [0.2, 0.25) is 0 Å². The molecule has 2 aromatic carbocycles. The van der Waals surface area contributed by atoms with Gasteiger partial charge in [0.15, 0.2) is 5.58 Å². The second-order valence-corrected chi connectivity index (χ2v) is 4.84. The molecule has 4 heteroatoms. The summed E-state index contributed by atoms with van der Waals surface area (Å²) in [5, 5.41) is 3.14. The maximum atomic E-state index is 5.78. The van der Waals surface area contributed by atoms with Crippen molar-refractivity contribution in [2.24, 2.45) is 0 Å². The number of nitrogens with zero attached hydrogens (tertiary/aromatic N) is 1. The summed E-state index contributed by atoms with van der Waals surface area (Å²) in [7, 11) is 1.89. The highest BCUT2D eigenvalue weighted by molar-refractivity contribution is 9.10. The van der Waals surface area contributed by atoms with Crippen LogP contribution < -0.4 is 5.32 Å². The van der Waals surface area contributed by atoms with Gasteiger partial charge in [-0.15, -0.1) is 0 Å². The van der Waals surface area contributed by atoms with Gasteiger partial charge in [-0.05, 0) is 30.3 Å². The van der Waals surface area contributed by atoms with Gasteiger partial charge in [0, 0.05) is 17.2 Å². The minimum atomic E-state index is 0.632. The second kappa shape index (κ2) is 4.46. The number of benzene rings is 2. The van der Waals surface area contributed by atoms with E-state index in [-0.39, 0.29) is 0 Å². The molecule has 0 spiro atoms. The van der Waals surface area contributed by atoms with Gasteiger partial charge in [0.05, 0.1) is 5.56 Å². The van der Waals surface area contributed by atoms with Crippen molar-refractivity contribution in [3.8, 4) is 11.5 Å². The molecule has 0 aliphatic heterocycles. The van der Waals surface area contributed by atoms with Gasteiger partial charge in [-0.1, -0.05) is 28.1 Å². The Labute approximate surface area is 113 Å². The number of anilines is 1. The first-order valence-electron chi connectivity index (χ1n) is 5.61. The Kier molecular flexibility index (Phi) is 2.80. The third kappa shape index (κ3) is 1.88. The Morgan fingerprint density at radius 3 is 2.83 bits per heavy atom. The highest BCUT2D eigenvalue weighted by atomic mass is 79.9. The van der Waals surface area contributed by atoms with E-state index in [1.165, 1.54) is 0 Å². The fourth-order valence-electron chi connectivity index (χ4n) is 1.90. The summed E-state index contributed by atoms with van der Waals surface area (Å²) in [6, 6.07) is 13.8. The van der Waals surface area contributed by atoms with E-state index in [2.05, 4.69) is 26.2 Å². The monoisotopic (exact) mass is 302 g/mol. The quantitative estimate of drug-likeness (QED) is 0.767. The molecule has 3 rings (SSSR count). The van der Waals surface area contributed by atoms with Crippen LogP contribution in [0, 0.1) is 0 Å². The summed E-state index contributed by atoms with van der Waals surface area (Å²) in [6.07, 6.45) is 0. The predicted molar refractivity (Wildman–Crippen MR) is 76.7 cm³/mol. The summed E-state index contributed by atoms with van der Waals surface area (Å²) in [5.41, 5.74) is 3.61. The summed E-state index contributed by atoms with van der Waals surface area (Å²) in [5.74, 6) is 0.632. The van der Waals surface area contributed by atoms with Crippen LogP contribution in [0.15, 0.2) is 51.4 Å². The van der Waals surface area contributed by atoms with Gasteiger partial charge >= 0.3 is 0 Å². The maximum absolute atomic E-state index is 5.78. The Balaban J connectivity index is 2.19. The van der Waals surface area contributed by atoms with Crippen molar-refractivity contribution in [1.82, 2.24) is 4.98 Å². The van der Waals surface area contributed by atoms with E-state index < -0.39 is 0 Å². The first kappa shape index (κ1) is 11.3. The SMILES string of the molecule is CNc1ccccc1-c1nc2cc(Br)ccc2o1. The molecule has 3 aromatic rings. The van der Waals surface area contributed by atoms with Gasteiger partial charge in [-0.25, -0.2) is 4.98 Å². The van der Waals surface area contributed by atoms with Crippen molar-refractivity contribution < 1.29 is 4.42 Å². The molecule has 18 heavy (non-hydrogen) atoms. The van der Waals surface area contributed by atoms with Crippen LogP contribution in [-0.4, -0.2) is 12.0 Å². The zero-order valence-electron chi connectivity index (χ0n) is 9.77. The molecule has 1 aromatic heterocycles. The first-order valence-corrected chi connectivity index (χ1v) is 6.40. The Morgan fingerprint density at radius 2 is 2.00 bits per heavy atom. The van der Waals surface area contributed by atoms with Gasteiger partial charge in [0.1, 0.15) is 5.52 Å². The van der Waals surface area contributed by atoms with Crippen LogP contribution in [0.5, 0.6) is 0 Å². The van der Waals surface area contributed by atoms with Crippen molar-refractivity contribution >= 4 is 32.7 Å². The van der Waals surface area contributed by atoms with E-state index in [1.54, 1.807) is 0 Å². The van der Waals surface area contributed by atoms with Crippen molar-refractivity contribution in [3.05, 3.63) is 46.9 Å². The average Bonchev–Trinajstić information content (AvgIpc) is 2.81. The summed E-state index contributed by atoms with van der Waals surface area (Å²) >= 11 is 3.43. The van der Waals surface area contributed by atoms with Crippen LogP contribution in [0.3, 0.4) is 0 Å². The summed E-state index contributed by atoms with van der Waals surface area (Å²) in [4.78, 5) is 4.52. The molecular weight excluding hydrogens is 292 g/mol. The molecular formula is C14H11BrN2O. The standard InChI is InChI=1S/C14H11BrN2O/c1-16-11-5-3-2-4-10(11)14-17-12-8-9(15)6-7-13(12)18-14/h2-8,16H,1H3. The number of hydrogen-bond donors (Lipinski definition) is 1. The molecule has 0 saturated heterocycles. The number of fused-ring (bicyclic) bond motifs is 1. The molecule has 3 nitrogen and oxygen atoms in total. The first-order chi connectivity index (χ1) is 8.78. The Morgan fingerprint density at radius 1 is 1.17 bits per heavy atom. The zero-order chi connectivity index (χ0) is 12.5. The van der Waals surface area contributed by atoms with Crippen molar-refractivity contribution in [3.63, 3.8) is 0 Å². The molecule has 0 radical (unpaired) electrons. The van der Waals surface area contributed by atoms with Crippen LogP contribution in [0.4, 0.5) is 5.69 Å². The number of halogens is 1. The largest absolute Gasteiger partial charge is 0.436 e. The van der Waals surface area contributed by atoms with Gasteiger partial charge in [-0.2, -0.15) is 0 Å². The minimum absolute atomic E-state index is 0.632. The van der Waals surface area contributed by atoms with Gasteiger partial charge < -0.3 is 9.73 Å². The average molecular weight is 303 g/mol. The number of nitrogens with one attached hydrogen (secondary N) is 1. The third-order valence-electron chi connectivity index (χ3n) is 2.78. The van der Waals surface area contributed by atoms with E-state index in [1.807, 2.05) is 49.5 Å². The zero-order valence-corrected chi connectivity index (χ0v) is 11.4. The second-order valence-electron chi connectivity index (χ2n) is 3.93. The summed E-state index contributed by atoms with van der Waals surface area (Å²) in [6.45, 7) is 0. The Hall–Kier alpha value is -1.81. The molecule has 90 valence electrons. The molecule has 0 amide bonds. The van der Waals surface area contributed by atoms with Crippen LogP contribution in [0.25, 0.3) is 22.6 Å². The van der Waals surface area contributed by atoms with Crippen LogP contribution in [-0.2, 0) is 0 Å². The molecule has 0 saturated carbocycles. The lowest BCUT2D eigenvalue weighted by Gasteiger charge is -2.04. The molecule has 0 fully saturated rings. The van der Waals surface area contributed by atoms with Crippen molar-refractivity contribution in [1.29, 1.82) is 0 Å². The van der Waals surface area contributed by atoms with Crippen LogP contribution in [0.1, 0.15) is 0 Å². The van der Waals surface area contributed by atoms with Crippen molar-refractivity contribution in [2.75, 3.05) is 12.4 Å². The van der Waals surface area contributed by atoms with Gasteiger partial charge in [0.25, 0.3) is 0 Å². The number of para-hydroxylation sites is 1. The van der Waals surface area contributed by atoms with E-state index in [4.69, 9.17) is 4.42 Å². The molecule has 0 aliphatic carbocycles. The minimum Gasteiger partial charge on any atom is -0.436 e. The third-order valence-corrected chi connectivity index (χ3v) is 3.27. The van der Waals surface area contributed by atoms with Gasteiger partial charge in [-0.3, -0.25) is 0 Å². The lowest BCUT2D eigenvalue weighted by Crippen LogP contribution is -1.91. The molecule has 0 atom stereocenters. The number of hydrogen-bond acceptors (Lipinski definition) is 3. The summed E-state index contributed by atoms with van der Waals surface area (Å²) < 4.78 is 6.78. The van der Waals surface area contributed by atoms with E-state index in [0.29, 0.717) is 5.89 Å². The molecule has 0 unspecified atom stereocenters. The number of oxazole rings is 1. The number of aromatic nitrogens is 1. The van der Waals surface area contributed by atoms with E-state index in [9.17, 15) is 0 Å².